The van der Waals surface area contributed by atoms with Crippen LogP contribution in [0, 0.1) is 0 Å². The minimum atomic E-state index is -0.511. The number of nitrogens with one attached hydrogen (secondary N) is 1. The fourth-order valence-corrected chi connectivity index (χ4v) is 1.86. The summed E-state index contributed by atoms with van der Waals surface area (Å²) >= 11 is 0. The quantitative estimate of drug-likeness (QED) is 0.637. The van der Waals surface area contributed by atoms with Crippen LogP contribution < -0.4 is 10.2 Å². The molecule has 2 aromatic rings. The highest BCUT2D eigenvalue weighted by atomic mass is 16.3. The number of rotatable bonds is 4. The van der Waals surface area contributed by atoms with Gasteiger partial charge in [-0.25, -0.2) is 0 Å². The maximum absolute atomic E-state index is 9.76. The van der Waals surface area contributed by atoms with Gasteiger partial charge in [0.25, 0.3) is 0 Å². The van der Waals surface area contributed by atoms with Crippen LogP contribution in [0.2, 0.25) is 0 Å². The second-order valence-corrected chi connectivity index (χ2v) is 4.58. The lowest BCUT2D eigenvalue weighted by atomic mass is 10.1. The molecule has 0 saturated heterocycles. The Morgan fingerprint density at radius 2 is 1.85 bits per heavy atom. The zero-order valence-corrected chi connectivity index (χ0v) is 11.3. The van der Waals surface area contributed by atoms with Crippen LogP contribution in [0.5, 0.6) is 17.2 Å². The highest BCUT2D eigenvalue weighted by Gasteiger charge is 2.11. The second kappa shape index (κ2) is 5.56. The van der Waals surface area contributed by atoms with Gasteiger partial charge in [0.2, 0.25) is 5.75 Å². The van der Waals surface area contributed by atoms with Crippen LogP contribution in [0.15, 0.2) is 30.6 Å². The van der Waals surface area contributed by atoms with E-state index in [-0.39, 0.29) is 11.5 Å². The van der Waals surface area contributed by atoms with Crippen molar-refractivity contribution in [2.45, 2.75) is 6.54 Å². The summed E-state index contributed by atoms with van der Waals surface area (Å²) < 4.78 is 0. The minimum absolute atomic E-state index is 0.298. The van der Waals surface area contributed by atoms with E-state index in [4.69, 9.17) is 0 Å². The van der Waals surface area contributed by atoms with Crippen LogP contribution in [-0.4, -0.2) is 34.4 Å². The average Bonchev–Trinajstić information content (AvgIpc) is 2.44. The number of aromatic nitrogens is 1. The lowest BCUT2D eigenvalue weighted by Gasteiger charge is -2.18. The minimum Gasteiger partial charge on any atom is -0.504 e. The Kier molecular flexibility index (Phi) is 3.84. The number of pyridine rings is 1. The van der Waals surface area contributed by atoms with Gasteiger partial charge in [-0.15, -0.1) is 0 Å². The number of hydrogen-bond acceptors (Lipinski definition) is 6. The molecule has 6 heteroatoms. The summed E-state index contributed by atoms with van der Waals surface area (Å²) in [4.78, 5) is 6.00. The molecular weight excluding hydrogens is 258 g/mol. The van der Waals surface area contributed by atoms with E-state index in [0.29, 0.717) is 12.1 Å². The third-order valence-electron chi connectivity index (χ3n) is 2.96. The molecule has 0 atom stereocenters. The van der Waals surface area contributed by atoms with Gasteiger partial charge in [0.05, 0.1) is 17.6 Å². The maximum atomic E-state index is 9.76. The van der Waals surface area contributed by atoms with E-state index < -0.39 is 5.75 Å². The van der Waals surface area contributed by atoms with Crippen LogP contribution in [0.3, 0.4) is 0 Å². The molecule has 6 nitrogen and oxygen atoms in total. The molecule has 1 aromatic carbocycles. The van der Waals surface area contributed by atoms with Gasteiger partial charge in [-0.05, 0) is 18.2 Å². The summed E-state index contributed by atoms with van der Waals surface area (Å²) in [5, 5.41) is 31.7. The third-order valence-corrected chi connectivity index (χ3v) is 2.96. The van der Waals surface area contributed by atoms with Crippen molar-refractivity contribution in [1.29, 1.82) is 0 Å². The normalized spacial score (nSPS) is 10.3. The number of phenols is 3. The first-order valence-electron chi connectivity index (χ1n) is 6.08. The van der Waals surface area contributed by atoms with Crippen molar-refractivity contribution in [3.05, 3.63) is 36.2 Å². The van der Waals surface area contributed by atoms with E-state index in [1.54, 1.807) is 18.5 Å². The average molecular weight is 275 g/mol. The summed E-state index contributed by atoms with van der Waals surface area (Å²) in [5.74, 6) is -1.18. The zero-order chi connectivity index (χ0) is 14.7. The molecule has 0 aliphatic rings. The van der Waals surface area contributed by atoms with Gasteiger partial charge < -0.3 is 25.5 Å². The molecule has 0 amide bonds. The highest BCUT2D eigenvalue weighted by Crippen LogP contribution is 2.37. The molecule has 4 N–H and O–H groups in total. The molecule has 20 heavy (non-hydrogen) atoms. The van der Waals surface area contributed by atoms with E-state index in [0.717, 1.165) is 11.4 Å². The monoisotopic (exact) mass is 275 g/mol. The van der Waals surface area contributed by atoms with E-state index >= 15 is 0 Å². The number of aromatic hydroxyl groups is 3. The summed E-state index contributed by atoms with van der Waals surface area (Å²) in [6.45, 7) is 0.298. The molecule has 1 aromatic heterocycles. The number of hydrogen-bond donors (Lipinski definition) is 4. The largest absolute Gasteiger partial charge is 0.504 e. The van der Waals surface area contributed by atoms with Gasteiger partial charge in [-0.3, -0.25) is 4.98 Å². The van der Waals surface area contributed by atoms with Gasteiger partial charge in [0.15, 0.2) is 11.5 Å². The van der Waals surface area contributed by atoms with Crippen LogP contribution in [0.4, 0.5) is 11.4 Å². The predicted molar refractivity (Wildman–Crippen MR) is 77.3 cm³/mol. The molecule has 1 heterocycles. The lowest BCUT2D eigenvalue weighted by Crippen LogP contribution is -2.12. The van der Waals surface area contributed by atoms with Gasteiger partial charge in [-0.1, -0.05) is 0 Å². The first-order chi connectivity index (χ1) is 9.50. The Morgan fingerprint density at radius 3 is 2.55 bits per heavy atom. The molecule has 0 fully saturated rings. The SMILES string of the molecule is CN(C)c1ccncc1NCc1ccc(O)c(O)c1O. The molecule has 0 aliphatic heterocycles. The first-order valence-corrected chi connectivity index (χ1v) is 6.08. The molecule has 2 rings (SSSR count). The Balaban J connectivity index is 2.20. The molecule has 0 spiro atoms. The molecule has 0 saturated carbocycles. The fraction of sp³-hybridized carbons (Fsp3) is 0.214. The smallest absolute Gasteiger partial charge is 0.200 e. The Labute approximate surface area is 116 Å². The van der Waals surface area contributed by atoms with Gasteiger partial charge >= 0.3 is 0 Å². The third kappa shape index (κ3) is 2.69. The molecular formula is C14H17N3O3. The highest BCUT2D eigenvalue weighted by molar-refractivity contribution is 5.68. The Hall–Kier alpha value is -2.63. The molecule has 106 valence electrons. The van der Waals surface area contributed by atoms with Crippen molar-refractivity contribution in [3.8, 4) is 17.2 Å². The van der Waals surface area contributed by atoms with Crippen LogP contribution >= 0.6 is 0 Å². The van der Waals surface area contributed by atoms with Gasteiger partial charge in [0.1, 0.15) is 0 Å². The van der Waals surface area contributed by atoms with Crippen LogP contribution in [0.1, 0.15) is 5.56 Å². The van der Waals surface area contributed by atoms with Crippen molar-refractivity contribution in [1.82, 2.24) is 4.98 Å². The summed E-state index contributed by atoms with van der Waals surface area (Å²) in [5.41, 5.74) is 2.25. The standard InChI is InChI=1S/C14H17N3O3/c1-17(2)11-5-6-15-8-10(11)16-7-9-3-4-12(18)14(20)13(9)19/h3-6,8,16,18-20H,7H2,1-2H3. The lowest BCUT2D eigenvalue weighted by molar-refractivity contribution is 0.365. The van der Waals surface area contributed by atoms with E-state index in [9.17, 15) is 15.3 Å². The second-order valence-electron chi connectivity index (χ2n) is 4.58. The topological polar surface area (TPSA) is 88.9 Å². The van der Waals surface area contributed by atoms with E-state index in [1.807, 2.05) is 25.1 Å². The van der Waals surface area contributed by atoms with E-state index in [2.05, 4.69) is 10.3 Å². The molecule has 0 aliphatic carbocycles. The van der Waals surface area contributed by atoms with Crippen molar-refractivity contribution in [2.75, 3.05) is 24.3 Å². The number of phenolic OH excluding ortho intramolecular Hbond substituents is 3. The van der Waals surface area contributed by atoms with Crippen LogP contribution in [-0.2, 0) is 6.54 Å². The van der Waals surface area contributed by atoms with Crippen molar-refractivity contribution < 1.29 is 15.3 Å². The number of benzene rings is 1. The Bertz CT molecular complexity index is 615. The molecule has 0 radical (unpaired) electrons. The van der Waals surface area contributed by atoms with Crippen molar-refractivity contribution >= 4 is 11.4 Å². The summed E-state index contributed by atoms with van der Waals surface area (Å²) in [6.07, 6.45) is 3.39. The zero-order valence-electron chi connectivity index (χ0n) is 11.3. The first kappa shape index (κ1) is 13.8. The molecule has 0 unspecified atom stereocenters. The Morgan fingerprint density at radius 1 is 1.10 bits per heavy atom. The van der Waals surface area contributed by atoms with Gasteiger partial charge in [-0.2, -0.15) is 0 Å². The number of anilines is 2. The van der Waals surface area contributed by atoms with Crippen LogP contribution in [0.25, 0.3) is 0 Å². The fourth-order valence-electron chi connectivity index (χ4n) is 1.86. The van der Waals surface area contributed by atoms with E-state index in [1.165, 1.54) is 6.07 Å². The van der Waals surface area contributed by atoms with Crippen molar-refractivity contribution in [3.63, 3.8) is 0 Å². The maximum Gasteiger partial charge on any atom is 0.200 e. The van der Waals surface area contributed by atoms with Gasteiger partial charge in [0, 0.05) is 32.4 Å². The summed E-state index contributed by atoms with van der Waals surface area (Å²) in [7, 11) is 3.84. The van der Waals surface area contributed by atoms with Crippen molar-refractivity contribution in [2.24, 2.45) is 0 Å². The summed E-state index contributed by atoms with van der Waals surface area (Å²) in [6, 6.07) is 4.75. The number of nitrogens with zero attached hydrogens (tertiary/aromatic N) is 2. The molecule has 0 bridgehead atoms. The predicted octanol–water partition coefficient (Wildman–Crippen LogP) is 1.88.